The molecule has 1 amide bonds. The summed E-state index contributed by atoms with van der Waals surface area (Å²) >= 11 is 0. The summed E-state index contributed by atoms with van der Waals surface area (Å²) in [5.41, 5.74) is 1.06. The molecule has 2 fully saturated rings. The highest BCUT2D eigenvalue weighted by molar-refractivity contribution is 5.69. The Hall–Kier alpha value is -1.51. The molecule has 3 atom stereocenters. The van der Waals surface area contributed by atoms with Gasteiger partial charge in [0, 0.05) is 12.1 Å². The molecular weight excluding hydrogens is 298 g/mol. The lowest BCUT2D eigenvalue weighted by atomic mass is 9.94. The first kappa shape index (κ1) is 18.8. The Morgan fingerprint density at radius 2 is 1.83 bits per heavy atom. The van der Waals surface area contributed by atoms with Gasteiger partial charge in [0.2, 0.25) is 0 Å². The minimum atomic E-state index is -0.106. The average molecular weight is 332 g/mol. The van der Waals surface area contributed by atoms with Crippen LogP contribution in [-0.4, -0.2) is 23.1 Å². The average Bonchev–Trinajstić information content (AvgIpc) is 2.84. The van der Waals surface area contributed by atoms with E-state index < -0.39 is 0 Å². The van der Waals surface area contributed by atoms with Gasteiger partial charge < -0.3 is 9.64 Å². The zero-order chi connectivity index (χ0) is 17.4. The van der Waals surface area contributed by atoms with Crippen LogP contribution >= 0.6 is 0 Å². The number of hydrogen-bond acceptors (Lipinski definition) is 2. The summed E-state index contributed by atoms with van der Waals surface area (Å²) < 4.78 is 5.62. The van der Waals surface area contributed by atoms with Crippen LogP contribution in [0.4, 0.5) is 4.79 Å². The molecule has 0 bridgehead atoms. The molecule has 1 saturated heterocycles. The van der Waals surface area contributed by atoms with Crippen LogP contribution in [-0.2, 0) is 11.3 Å². The summed E-state index contributed by atoms with van der Waals surface area (Å²) in [5, 5.41) is 0. The number of nitrogens with zero attached hydrogens (tertiary/aromatic N) is 1. The van der Waals surface area contributed by atoms with Crippen molar-refractivity contribution in [2.75, 3.05) is 0 Å². The minimum absolute atomic E-state index is 0.106. The Morgan fingerprint density at radius 3 is 2.54 bits per heavy atom. The second kappa shape index (κ2) is 9.71. The zero-order valence-electron chi connectivity index (χ0n) is 15.5. The third-order valence-electron chi connectivity index (χ3n) is 5.33. The van der Waals surface area contributed by atoms with Gasteiger partial charge in [0.25, 0.3) is 0 Å². The molecule has 0 spiro atoms. The molecular formula is C21H33NO2. The van der Waals surface area contributed by atoms with Gasteiger partial charge in [-0.25, -0.2) is 4.79 Å². The highest BCUT2D eigenvalue weighted by Crippen LogP contribution is 2.40. The summed E-state index contributed by atoms with van der Waals surface area (Å²) in [6.45, 7) is 6.57. The van der Waals surface area contributed by atoms with Crippen molar-refractivity contribution in [1.29, 1.82) is 0 Å². The van der Waals surface area contributed by atoms with E-state index in [1.165, 1.54) is 32.1 Å². The fourth-order valence-corrected chi connectivity index (χ4v) is 4.18. The zero-order valence-corrected chi connectivity index (χ0v) is 15.5. The van der Waals surface area contributed by atoms with Crippen molar-refractivity contribution in [3.05, 3.63) is 35.9 Å². The van der Waals surface area contributed by atoms with E-state index in [0.717, 1.165) is 18.4 Å². The monoisotopic (exact) mass is 331 g/mol. The largest absolute Gasteiger partial charge is 0.445 e. The molecule has 3 rings (SSSR count). The number of carbonyl (C=O) groups excluding carboxylic acids is 1. The number of carbonyl (C=O) groups is 1. The van der Waals surface area contributed by atoms with Gasteiger partial charge in [-0.05, 0) is 37.2 Å². The molecule has 1 aromatic rings. The van der Waals surface area contributed by atoms with E-state index in [9.17, 15) is 4.79 Å². The summed E-state index contributed by atoms with van der Waals surface area (Å²) in [6.07, 6.45) is 8.42. The molecule has 1 heterocycles. The van der Waals surface area contributed by atoms with Crippen LogP contribution in [0.5, 0.6) is 0 Å². The van der Waals surface area contributed by atoms with Crippen LogP contribution in [0, 0.1) is 5.92 Å². The second-order valence-corrected chi connectivity index (χ2v) is 6.71. The molecule has 1 unspecified atom stereocenters. The molecule has 0 radical (unpaired) electrons. The second-order valence-electron chi connectivity index (χ2n) is 6.71. The Morgan fingerprint density at radius 1 is 1.12 bits per heavy atom. The molecule has 134 valence electrons. The van der Waals surface area contributed by atoms with Crippen LogP contribution in [0.15, 0.2) is 30.3 Å². The Kier molecular flexibility index (Phi) is 7.61. The molecule has 0 N–H and O–H groups in total. The highest BCUT2D eigenvalue weighted by Gasteiger charge is 2.43. The fourth-order valence-electron chi connectivity index (χ4n) is 4.18. The van der Waals surface area contributed by atoms with Gasteiger partial charge in [-0.2, -0.15) is 0 Å². The highest BCUT2D eigenvalue weighted by atomic mass is 16.6. The van der Waals surface area contributed by atoms with Gasteiger partial charge in [0.1, 0.15) is 6.61 Å². The molecule has 2 aliphatic rings. The fraction of sp³-hybridized carbons (Fsp3) is 0.667. The van der Waals surface area contributed by atoms with Crippen molar-refractivity contribution < 1.29 is 9.53 Å². The lowest BCUT2D eigenvalue weighted by molar-refractivity contribution is 0.0730. The van der Waals surface area contributed by atoms with Crippen molar-refractivity contribution in [1.82, 2.24) is 4.90 Å². The van der Waals surface area contributed by atoms with Crippen molar-refractivity contribution >= 4 is 6.09 Å². The van der Waals surface area contributed by atoms with Crippen LogP contribution in [0.1, 0.15) is 71.3 Å². The summed E-state index contributed by atoms with van der Waals surface area (Å²) in [7, 11) is 0. The van der Waals surface area contributed by atoms with Gasteiger partial charge in [-0.1, -0.05) is 70.4 Å². The van der Waals surface area contributed by atoms with Crippen LogP contribution in [0.2, 0.25) is 0 Å². The van der Waals surface area contributed by atoms with E-state index in [0.29, 0.717) is 24.6 Å². The molecule has 3 nitrogen and oxygen atoms in total. The van der Waals surface area contributed by atoms with Gasteiger partial charge in [-0.15, -0.1) is 0 Å². The third-order valence-corrected chi connectivity index (χ3v) is 5.33. The quantitative estimate of drug-likeness (QED) is 0.702. The first-order chi connectivity index (χ1) is 11.8. The summed E-state index contributed by atoms with van der Waals surface area (Å²) in [4.78, 5) is 14.7. The lowest BCUT2D eigenvalue weighted by Crippen LogP contribution is -2.42. The third kappa shape index (κ3) is 4.52. The predicted octanol–water partition coefficient (Wildman–Crippen LogP) is 5.78. The molecule has 1 aromatic carbocycles. The number of rotatable bonds is 3. The van der Waals surface area contributed by atoms with E-state index in [-0.39, 0.29) is 6.09 Å². The van der Waals surface area contributed by atoms with Crippen molar-refractivity contribution in [2.45, 2.75) is 84.4 Å². The van der Waals surface area contributed by atoms with Crippen LogP contribution in [0.25, 0.3) is 0 Å². The van der Waals surface area contributed by atoms with Crippen molar-refractivity contribution in [2.24, 2.45) is 5.92 Å². The maximum Gasteiger partial charge on any atom is 0.410 e. The Balaban J connectivity index is 0.00000100. The summed E-state index contributed by atoms with van der Waals surface area (Å²) in [5.74, 6) is 0.691. The van der Waals surface area contributed by atoms with Gasteiger partial charge in [0.05, 0.1) is 0 Å². The number of likely N-dealkylation sites (tertiary alicyclic amines) is 1. The Bertz CT molecular complexity index is 488. The smallest absolute Gasteiger partial charge is 0.410 e. The standard InChI is InChI=1S/C19H27NO2.C2H6/c1-2-17-13-16-11-7-4-8-12-18(16)20(17)19(21)22-14-15-9-5-3-6-10-15;1-2/h3,5-6,9-10,16-18H,2,4,7-8,11-14H2,1H3;1-2H3/t16-,17?,18+;/m0./s1. The number of ether oxygens (including phenoxy) is 1. The molecule has 1 saturated carbocycles. The van der Waals surface area contributed by atoms with Crippen molar-refractivity contribution in [3.63, 3.8) is 0 Å². The van der Waals surface area contributed by atoms with E-state index >= 15 is 0 Å². The molecule has 1 aliphatic heterocycles. The van der Waals surface area contributed by atoms with Gasteiger partial charge in [-0.3, -0.25) is 0 Å². The predicted molar refractivity (Wildman–Crippen MR) is 98.9 cm³/mol. The van der Waals surface area contributed by atoms with Crippen molar-refractivity contribution in [3.8, 4) is 0 Å². The van der Waals surface area contributed by atoms with E-state index in [1.54, 1.807) is 0 Å². The minimum Gasteiger partial charge on any atom is -0.445 e. The van der Waals surface area contributed by atoms with E-state index in [1.807, 2.05) is 44.2 Å². The van der Waals surface area contributed by atoms with Crippen LogP contribution in [0.3, 0.4) is 0 Å². The topological polar surface area (TPSA) is 29.5 Å². The first-order valence-corrected chi connectivity index (χ1v) is 9.78. The van der Waals surface area contributed by atoms with Crippen LogP contribution < -0.4 is 0 Å². The van der Waals surface area contributed by atoms with E-state index in [4.69, 9.17) is 4.74 Å². The Labute approximate surface area is 147 Å². The molecule has 1 aliphatic carbocycles. The lowest BCUT2D eigenvalue weighted by Gasteiger charge is -2.30. The normalized spacial score (nSPS) is 26.0. The van der Waals surface area contributed by atoms with E-state index in [2.05, 4.69) is 11.8 Å². The SMILES string of the molecule is CC.CCC1C[C@@H]2CCCCC[C@H]2N1C(=O)OCc1ccccc1. The maximum absolute atomic E-state index is 12.7. The molecule has 24 heavy (non-hydrogen) atoms. The number of hydrogen-bond donors (Lipinski definition) is 0. The van der Waals surface area contributed by atoms with Gasteiger partial charge in [0.15, 0.2) is 0 Å². The first-order valence-electron chi connectivity index (χ1n) is 9.78. The summed E-state index contributed by atoms with van der Waals surface area (Å²) in [6, 6.07) is 10.7. The number of fused-ring (bicyclic) bond motifs is 1. The maximum atomic E-state index is 12.7. The number of amides is 1. The number of benzene rings is 1. The molecule has 0 aromatic heterocycles. The van der Waals surface area contributed by atoms with Gasteiger partial charge >= 0.3 is 6.09 Å². The molecule has 3 heteroatoms.